The molecule has 0 amide bonds. The molecule has 1 aromatic rings. The molecule has 3 nitrogen and oxygen atoms in total. The maximum atomic E-state index is 5.85. The van der Waals surface area contributed by atoms with E-state index < -0.39 is 0 Å². The van der Waals surface area contributed by atoms with Gasteiger partial charge in [-0.15, -0.1) is 0 Å². The first-order valence-electron chi connectivity index (χ1n) is 5.49. The second kappa shape index (κ2) is 4.79. The summed E-state index contributed by atoms with van der Waals surface area (Å²) in [7, 11) is 0. The molecule has 0 atom stereocenters. The van der Waals surface area contributed by atoms with Crippen LogP contribution in [0.25, 0.3) is 0 Å². The van der Waals surface area contributed by atoms with E-state index >= 15 is 0 Å². The predicted molar refractivity (Wildman–Crippen MR) is 62.2 cm³/mol. The van der Waals surface area contributed by atoms with Gasteiger partial charge in [-0.05, 0) is 25.7 Å². The molecule has 0 spiro atoms. The van der Waals surface area contributed by atoms with E-state index in [2.05, 4.69) is 15.3 Å². The van der Waals surface area contributed by atoms with Crippen LogP contribution in [0.2, 0.25) is 5.15 Å². The summed E-state index contributed by atoms with van der Waals surface area (Å²) in [4.78, 5) is 8.32. The maximum absolute atomic E-state index is 5.85. The number of nitrogens with zero attached hydrogens (tertiary/aromatic N) is 2. The van der Waals surface area contributed by atoms with Crippen LogP contribution in [0.5, 0.6) is 0 Å². The van der Waals surface area contributed by atoms with Crippen LogP contribution in [0.4, 0.5) is 5.82 Å². The second-order valence-electron chi connectivity index (χ2n) is 4.15. The molecule has 0 saturated heterocycles. The first kappa shape index (κ1) is 10.7. The largest absolute Gasteiger partial charge is 0.370 e. The molecular formula is C11H16ClN3. The first-order chi connectivity index (χ1) is 7.24. The van der Waals surface area contributed by atoms with Crippen LogP contribution < -0.4 is 5.32 Å². The number of aromatic nitrogens is 2. The Labute approximate surface area is 95.3 Å². The van der Waals surface area contributed by atoms with Crippen LogP contribution in [0.1, 0.15) is 31.5 Å². The number of rotatable bonds is 3. The Morgan fingerprint density at radius 3 is 2.80 bits per heavy atom. The van der Waals surface area contributed by atoms with Crippen LogP contribution in [-0.4, -0.2) is 16.5 Å². The number of halogens is 1. The lowest BCUT2D eigenvalue weighted by Gasteiger charge is -2.11. The third-order valence-electron chi connectivity index (χ3n) is 2.85. The molecule has 1 aliphatic carbocycles. The summed E-state index contributed by atoms with van der Waals surface area (Å²) in [6, 6.07) is 1.78. The molecule has 0 aromatic carbocycles. The number of hydrogen-bond donors (Lipinski definition) is 1. The molecule has 1 fully saturated rings. The zero-order chi connectivity index (χ0) is 10.7. The van der Waals surface area contributed by atoms with Gasteiger partial charge in [-0.25, -0.2) is 9.97 Å². The quantitative estimate of drug-likeness (QED) is 0.804. The number of aryl methyl sites for hydroxylation is 1. The minimum Gasteiger partial charge on any atom is -0.370 e. The van der Waals surface area contributed by atoms with Gasteiger partial charge < -0.3 is 5.32 Å². The van der Waals surface area contributed by atoms with E-state index in [1.54, 1.807) is 6.07 Å². The Hall–Kier alpha value is -0.830. The summed E-state index contributed by atoms with van der Waals surface area (Å²) in [6.07, 6.45) is 5.42. The molecule has 82 valence electrons. The molecular weight excluding hydrogens is 210 g/mol. The lowest BCUT2D eigenvalue weighted by Crippen LogP contribution is -2.12. The van der Waals surface area contributed by atoms with E-state index in [1.165, 1.54) is 25.7 Å². The van der Waals surface area contributed by atoms with Crippen LogP contribution in [0.3, 0.4) is 0 Å². The van der Waals surface area contributed by atoms with Crippen LogP contribution >= 0.6 is 11.6 Å². The average molecular weight is 226 g/mol. The van der Waals surface area contributed by atoms with Crippen LogP contribution in [0.15, 0.2) is 6.07 Å². The number of anilines is 1. The fourth-order valence-corrected chi connectivity index (χ4v) is 2.31. The number of hydrogen-bond acceptors (Lipinski definition) is 3. The molecule has 1 heterocycles. The monoisotopic (exact) mass is 225 g/mol. The van der Waals surface area contributed by atoms with E-state index in [0.717, 1.165) is 24.1 Å². The Morgan fingerprint density at radius 2 is 2.13 bits per heavy atom. The third-order valence-corrected chi connectivity index (χ3v) is 3.05. The van der Waals surface area contributed by atoms with Crippen molar-refractivity contribution in [2.24, 2.45) is 5.92 Å². The van der Waals surface area contributed by atoms with Gasteiger partial charge >= 0.3 is 0 Å². The molecule has 1 N–H and O–H groups in total. The van der Waals surface area contributed by atoms with Crippen molar-refractivity contribution in [1.82, 2.24) is 9.97 Å². The third kappa shape index (κ3) is 3.06. The lowest BCUT2D eigenvalue weighted by molar-refractivity contribution is 0.578. The van der Waals surface area contributed by atoms with Crippen molar-refractivity contribution < 1.29 is 0 Å². The van der Waals surface area contributed by atoms with Gasteiger partial charge in [-0.2, -0.15) is 0 Å². The highest BCUT2D eigenvalue weighted by Crippen LogP contribution is 2.24. The maximum Gasteiger partial charge on any atom is 0.134 e. The van der Waals surface area contributed by atoms with E-state index in [-0.39, 0.29) is 0 Å². The minimum absolute atomic E-state index is 0.511. The SMILES string of the molecule is Cc1nc(Cl)cc(NCC2CCCC2)n1. The van der Waals surface area contributed by atoms with E-state index in [0.29, 0.717) is 5.15 Å². The van der Waals surface area contributed by atoms with E-state index in [4.69, 9.17) is 11.6 Å². The summed E-state index contributed by atoms with van der Waals surface area (Å²) >= 11 is 5.85. The Balaban J connectivity index is 1.92. The summed E-state index contributed by atoms with van der Waals surface area (Å²) in [5.74, 6) is 2.37. The van der Waals surface area contributed by atoms with Gasteiger partial charge in [0, 0.05) is 12.6 Å². The Bertz CT molecular complexity index is 314. The smallest absolute Gasteiger partial charge is 0.134 e. The van der Waals surface area contributed by atoms with Crippen molar-refractivity contribution in [2.75, 3.05) is 11.9 Å². The van der Waals surface area contributed by atoms with Crippen LogP contribution in [-0.2, 0) is 0 Å². The highest BCUT2D eigenvalue weighted by molar-refractivity contribution is 6.29. The van der Waals surface area contributed by atoms with Gasteiger partial charge in [0.2, 0.25) is 0 Å². The summed E-state index contributed by atoms with van der Waals surface area (Å²) in [6.45, 7) is 2.86. The fraction of sp³-hybridized carbons (Fsp3) is 0.636. The van der Waals surface area contributed by atoms with Crippen molar-refractivity contribution in [3.63, 3.8) is 0 Å². The van der Waals surface area contributed by atoms with Gasteiger partial charge in [-0.1, -0.05) is 24.4 Å². The molecule has 0 bridgehead atoms. The molecule has 0 radical (unpaired) electrons. The second-order valence-corrected chi connectivity index (χ2v) is 4.54. The molecule has 0 unspecified atom stereocenters. The van der Waals surface area contributed by atoms with Crippen molar-refractivity contribution in [3.05, 3.63) is 17.0 Å². The zero-order valence-electron chi connectivity index (χ0n) is 8.96. The minimum atomic E-state index is 0.511. The van der Waals surface area contributed by atoms with Crippen molar-refractivity contribution in [3.8, 4) is 0 Å². The fourth-order valence-electron chi connectivity index (χ4n) is 2.09. The van der Waals surface area contributed by atoms with Crippen molar-refractivity contribution >= 4 is 17.4 Å². The van der Waals surface area contributed by atoms with Crippen molar-refractivity contribution in [2.45, 2.75) is 32.6 Å². The molecule has 2 rings (SSSR count). The Morgan fingerprint density at radius 1 is 1.40 bits per heavy atom. The van der Waals surface area contributed by atoms with E-state index in [9.17, 15) is 0 Å². The lowest BCUT2D eigenvalue weighted by atomic mass is 10.1. The van der Waals surface area contributed by atoms with Gasteiger partial charge in [0.25, 0.3) is 0 Å². The zero-order valence-corrected chi connectivity index (χ0v) is 9.72. The van der Waals surface area contributed by atoms with Gasteiger partial charge in [0.15, 0.2) is 0 Å². The predicted octanol–water partition coefficient (Wildman–Crippen LogP) is 3.04. The molecule has 15 heavy (non-hydrogen) atoms. The molecule has 4 heteroatoms. The number of nitrogens with one attached hydrogen (secondary N) is 1. The van der Waals surface area contributed by atoms with Crippen LogP contribution in [0, 0.1) is 12.8 Å². The Kier molecular flexibility index (Phi) is 3.41. The van der Waals surface area contributed by atoms with E-state index in [1.807, 2.05) is 6.92 Å². The highest BCUT2D eigenvalue weighted by atomic mass is 35.5. The normalized spacial score (nSPS) is 16.9. The first-order valence-corrected chi connectivity index (χ1v) is 5.87. The van der Waals surface area contributed by atoms with Gasteiger partial charge in [0.1, 0.15) is 16.8 Å². The topological polar surface area (TPSA) is 37.8 Å². The highest BCUT2D eigenvalue weighted by Gasteiger charge is 2.14. The molecule has 0 aliphatic heterocycles. The van der Waals surface area contributed by atoms with Crippen molar-refractivity contribution in [1.29, 1.82) is 0 Å². The van der Waals surface area contributed by atoms with Gasteiger partial charge in [-0.3, -0.25) is 0 Å². The standard InChI is InChI=1S/C11H16ClN3/c1-8-14-10(12)6-11(15-8)13-7-9-4-2-3-5-9/h6,9H,2-5,7H2,1H3,(H,13,14,15). The van der Waals surface area contributed by atoms with Gasteiger partial charge in [0.05, 0.1) is 0 Å². The molecule has 1 aromatic heterocycles. The molecule has 1 saturated carbocycles. The summed E-state index contributed by atoms with van der Waals surface area (Å²) in [5.41, 5.74) is 0. The molecule has 1 aliphatic rings. The average Bonchev–Trinajstić information content (AvgIpc) is 2.65. The summed E-state index contributed by atoms with van der Waals surface area (Å²) in [5, 5.41) is 3.84. The summed E-state index contributed by atoms with van der Waals surface area (Å²) < 4.78 is 0.